The quantitative estimate of drug-likeness (QED) is 0.00867. The molecule has 3 atom stereocenters. The largest absolute Gasteiger partial charge is 0.494 e. The Morgan fingerprint density at radius 3 is 2.15 bits per heavy atom. The minimum Gasteiger partial charge on any atom is -0.494 e. The van der Waals surface area contributed by atoms with Crippen LogP contribution in [-0.2, 0) is 44.7 Å². The van der Waals surface area contributed by atoms with Crippen LogP contribution in [0.3, 0.4) is 0 Å². The number of anilines is 2. The highest BCUT2D eigenvalue weighted by Gasteiger charge is 2.35. The molecule has 20 nitrogen and oxygen atoms in total. The van der Waals surface area contributed by atoms with Gasteiger partial charge in [-0.05, 0) is 74.4 Å². The van der Waals surface area contributed by atoms with Crippen LogP contribution >= 0.6 is 11.6 Å². The number of nitrogens with zero attached hydrogens (tertiary/aromatic N) is 4. The van der Waals surface area contributed by atoms with Crippen LogP contribution in [0.25, 0.3) is 0 Å². The molecular formula is C52H72ClN10O10+. The van der Waals surface area contributed by atoms with Crippen molar-refractivity contribution < 1.29 is 52.3 Å². The average Bonchev–Trinajstić information content (AvgIpc) is 3.61. The third kappa shape index (κ3) is 23.2. The molecule has 6 amide bonds. The number of carbonyl (C=O) groups is 6. The molecule has 1 saturated heterocycles. The molecule has 0 saturated carbocycles. The van der Waals surface area contributed by atoms with Crippen molar-refractivity contribution >= 4 is 64.4 Å². The summed E-state index contributed by atoms with van der Waals surface area (Å²) in [5, 5.41) is 24.0. The molecule has 73 heavy (non-hydrogen) atoms. The Morgan fingerprint density at radius 1 is 0.849 bits per heavy atom. The highest BCUT2D eigenvalue weighted by Crippen LogP contribution is 2.21. The molecule has 1 fully saturated rings. The molecule has 0 radical (unpaired) electrons. The molecule has 2 aromatic carbocycles. The Hall–Kier alpha value is -6.66. The molecule has 1 unspecified atom stereocenters. The Bertz CT molecular complexity index is 2280. The van der Waals surface area contributed by atoms with Gasteiger partial charge in [-0.25, -0.2) is 9.36 Å². The lowest BCUT2D eigenvalue weighted by molar-refractivity contribution is -0.688. The van der Waals surface area contributed by atoms with Crippen molar-refractivity contribution in [3.63, 3.8) is 0 Å². The molecule has 1 aromatic heterocycles. The zero-order valence-corrected chi connectivity index (χ0v) is 43.0. The van der Waals surface area contributed by atoms with E-state index >= 15 is 0 Å². The number of urea groups is 1. The summed E-state index contributed by atoms with van der Waals surface area (Å²) in [7, 11) is 0. The number of aromatic nitrogens is 1. The molecular weight excluding hydrogens is 960 g/mol. The summed E-state index contributed by atoms with van der Waals surface area (Å²) in [6, 6.07) is 16.9. The van der Waals surface area contributed by atoms with Crippen molar-refractivity contribution in [1.82, 2.24) is 20.9 Å². The number of carbonyl (C=O) groups excluding carboxylic acids is 6. The minimum absolute atomic E-state index is 0.00950. The first-order valence-electron chi connectivity index (χ1n) is 24.9. The van der Waals surface area contributed by atoms with Crippen molar-refractivity contribution in [1.29, 1.82) is 5.26 Å². The number of hydrogen-bond acceptors (Lipinski definition) is 12. The molecule has 0 aliphatic carbocycles. The number of amides is 6. The number of unbranched alkanes of at least 4 members (excludes halogenated alkanes) is 3. The topological polar surface area (TPSA) is 269 Å². The third-order valence-electron chi connectivity index (χ3n) is 11.6. The summed E-state index contributed by atoms with van der Waals surface area (Å²) in [4.78, 5) is 81.3. The number of hydrogen-bond donors (Lipinski definition) is 6. The maximum Gasteiger partial charge on any atom is 0.312 e. The fourth-order valence-corrected chi connectivity index (χ4v) is 7.77. The number of benzene rings is 2. The zero-order chi connectivity index (χ0) is 52.8. The van der Waals surface area contributed by atoms with Crippen LogP contribution in [0.15, 0.2) is 78.0 Å². The van der Waals surface area contributed by atoms with Crippen LogP contribution in [0.5, 0.6) is 5.75 Å². The average molecular weight is 1030 g/mol. The summed E-state index contributed by atoms with van der Waals surface area (Å²) in [6.07, 6.45) is 10.3. The number of likely N-dealkylation sites (tertiary alicyclic amines) is 1. The number of Topliss-reactive ketones (excluding diaryl/α,β-unsaturated/α-hetero) is 1. The predicted octanol–water partition coefficient (Wildman–Crippen LogP) is 5.09. The second-order valence-electron chi connectivity index (χ2n) is 17.9. The number of ketones is 1. The Morgan fingerprint density at radius 2 is 1.51 bits per heavy atom. The van der Waals surface area contributed by atoms with Gasteiger partial charge in [0.25, 0.3) is 0 Å². The van der Waals surface area contributed by atoms with Gasteiger partial charge in [0.1, 0.15) is 5.75 Å². The number of nitriles is 1. The van der Waals surface area contributed by atoms with Gasteiger partial charge in [-0.2, -0.15) is 5.26 Å². The van der Waals surface area contributed by atoms with Gasteiger partial charge in [0.05, 0.1) is 64.5 Å². The van der Waals surface area contributed by atoms with Gasteiger partial charge in [-0.15, -0.1) is 0 Å². The normalized spacial score (nSPS) is 14.3. The lowest BCUT2D eigenvalue weighted by Crippen LogP contribution is -2.45. The highest BCUT2D eigenvalue weighted by atomic mass is 35.5. The van der Waals surface area contributed by atoms with Crippen LogP contribution in [0.1, 0.15) is 84.1 Å². The van der Waals surface area contributed by atoms with Crippen LogP contribution < -0.4 is 41.6 Å². The molecule has 396 valence electrons. The second kappa shape index (κ2) is 33.1. The van der Waals surface area contributed by atoms with Crippen molar-refractivity contribution in [3.8, 4) is 11.9 Å². The number of halogens is 1. The molecule has 2 heterocycles. The summed E-state index contributed by atoms with van der Waals surface area (Å²) in [5.74, 6) is -1.55. The van der Waals surface area contributed by atoms with Crippen molar-refractivity contribution in [2.75, 3.05) is 76.5 Å². The maximum atomic E-state index is 13.7. The van der Waals surface area contributed by atoms with Gasteiger partial charge in [0.2, 0.25) is 29.6 Å². The fourth-order valence-electron chi connectivity index (χ4n) is 7.64. The standard InChI is InChI=1S/C52H71ClN10O10/c1-37(2)48(61-46(65)20-27-70-29-31-72-32-30-71-28-25-63-47(66)33-38(3)50(63)68)45(64)34-40(9-8-22-56-51(55)69)49(67)59-42-14-10-39(11-15-42)35-62-23-18-43(19-24-62)60-52(58-36-54)57-21-6-4-5-7-26-73-44-16-12-41(53)13-17-44/h10-19,23-24,37-38,40,48H,4-9,20-22,25-35H2,1-3H3,(H6,55,56,57,58,59,61,65,67,69)/p+1/t38?,40-,48+/m1/s1. The highest BCUT2D eigenvalue weighted by molar-refractivity contribution is 6.30. The van der Waals surface area contributed by atoms with Gasteiger partial charge in [-0.1, -0.05) is 50.9 Å². The van der Waals surface area contributed by atoms with Crippen LogP contribution in [0, 0.1) is 29.2 Å². The minimum atomic E-state index is -0.842. The summed E-state index contributed by atoms with van der Waals surface area (Å²) >= 11 is 5.92. The first-order chi connectivity index (χ1) is 35.2. The first kappa shape index (κ1) is 58.9. The molecule has 7 N–H and O–H groups in total. The number of guanidine groups is 1. The lowest BCUT2D eigenvalue weighted by atomic mass is 9.89. The summed E-state index contributed by atoms with van der Waals surface area (Å²) < 4.78 is 24.2. The van der Waals surface area contributed by atoms with E-state index in [1.165, 1.54) is 4.90 Å². The third-order valence-corrected chi connectivity index (χ3v) is 11.9. The van der Waals surface area contributed by atoms with Gasteiger partial charge in [0.15, 0.2) is 30.9 Å². The first-order valence-corrected chi connectivity index (χ1v) is 25.3. The zero-order valence-electron chi connectivity index (χ0n) is 42.2. The van der Waals surface area contributed by atoms with E-state index in [4.69, 9.17) is 36.3 Å². The molecule has 1 aliphatic heterocycles. The van der Waals surface area contributed by atoms with E-state index in [1.807, 2.05) is 73.4 Å². The van der Waals surface area contributed by atoms with Crippen molar-refractivity contribution in [2.24, 2.45) is 28.5 Å². The number of rotatable bonds is 34. The molecule has 1 aliphatic rings. The van der Waals surface area contributed by atoms with Gasteiger partial charge in [0, 0.05) is 72.6 Å². The van der Waals surface area contributed by atoms with E-state index in [9.17, 15) is 34.0 Å². The van der Waals surface area contributed by atoms with Gasteiger partial charge >= 0.3 is 6.03 Å². The van der Waals surface area contributed by atoms with Crippen molar-refractivity contribution in [3.05, 3.63) is 83.6 Å². The maximum absolute atomic E-state index is 13.7. The number of ether oxygens (including phenoxy) is 4. The number of primary amides is 1. The number of nitrogens with two attached hydrogens (primary N) is 1. The Labute approximate surface area is 433 Å². The van der Waals surface area contributed by atoms with Crippen molar-refractivity contribution in [2.45, 2.75) is 91.1 Å². The van der Waals surface area contributed by atoms with E-state index in [0.29, 0.717) is 49.4 Å². The molecule has 0 spiro atoms. The number of nitrogens with one attached hydrogen (secondary N) is 5. The molecule has 0 bridgehead atoms. The van der Waals surface area contributed by atoms with E-state index in [0.717, 1.165) is 42.7 Å². The van der Waals surface area contributed by atoms with E-state index in [1.54, 1.807) is 31.2 Å². The molecule has 4 rings (SSSR count). The molecule has 3 aromatic rings. The predicted molar refractivity (Wildman–Crippen MR) is 275 cm³/mol. The number of pyridine rings is 1. The SMILES string of the molecule is CC1CC(=O)N(CCOCCOCCOCCC(=O)N[C@H](C(=O)C[C@@H](CCCNC(N)=O)C(=O)Nc2ccc(C[n+]3ccc(NC(=NCCCCCCOc4ccc(Cl)cc4)NC#N)cc3)cc2)C(C)C)C1=O. The van der Waals surface area contributed by atoms with E-state index < -0.39 is 18.0 Å². The van der Waals surface area contributed by atoms with Crippen LogP contribution in [-0.4, -0.2) is 118 Å². The summed E-state index contributed by atoms with van der Waals surface area (Å²) in [6.45, 7) is 8.93. The van der Waals surface area contributed by atoms with Crippen LogP contribution in [0.2, 0.25) is 5.02 Å². The van der Waals surface area contributed by atoms with E-state index in [2.05, 4.69) is 31.6 Å². The second-order valence-corrected chi connectivity index (χ2v) is 18.4. The number of imide groups is 1. The fraction of sp³-hybridized carbons (Fsp3) is 0.519. The Balaban J connectivity index is 1.17. The van der Waals surface area contributed by atoms with E-state index in [-0.39, 0.29) is 113 Å². The smallest absolute Gasteiger partial charge is 0.312 e. The van der Waals surface area contributed by atoms with Crippen LogP contribution in [0.4, 0.5) is 16.2 Å². The summed E-state index contributed by atoms with van der Waals surface area (Å²) in [5.41, 5.74) is 7.49. The Kier molecular flexibility index (Phi) is 26.7. The molecule has 21 heteroatoms. The number of aliphatic imine (C=N–C) groups is 1. The van der Waals surface area contributed by atoms with Gasteiger partial charge < -0.3 is 45.9 Å². The van der Waals surface area contributed by atoms with Gasteiger partial charge in [-0.3, -0.25) is 39.2 Å². The monoisotopic (exact) mass is 1030 g/mol. The lowest BCUT2D eigenvalue weighted by Gasteiger charge is -2.24.